The topological polar surface area (TPSA) is 59.8 Å². The SMILES string of the molecule is CC(C)n1c(SCC(=O)Nc2ccccc2)nnc1-c1csc2c1CCCC2. The first kappa shape index (κ1) is 19.2. The monoisotopic (exact) mass is 412 g/mol. The Kier molecular flexibility index (Phi) is 5.82. The van der Waals surface area contributed by atoms with E-state index in [0.717, 1.165) is 23.1 Å². The first-order chi connectivity index (χ1) is 13.6. The number of nitrogens with one attached hydrogen (secondary N) is 1. The highest BCUT2D eigenvalue weighted by atomic mass is 32.2. The lowest BCUT2D eigenvalue weighted by atomic mass is 9.95. The van der Waals surface area contributed by atoms with Crippen molar-refractivity contribution in [1.82, 2.24) is 14.8 Å². The number of aryl methyl sites for hydroxylation is 1. The van der Waals surface area contributed by atoms with E-state index in [1.165, 1.54) is 47.0 Å². The molecule has 2 aromatic heterocycles. The number of carbonyl (C=O) groups excluding carboxylic acids is 1. The van der Waals surface area contributed by atoms with Gasteiger partial charge in [0.25, 0.3) is 0 Å². The molecule has 0 unspecified atom stereocenters. The summed E-state index contributed by atoms with van der Waals surface area (Å²) in [7, 11) is 0. The molecule has 1 amide bonds. The highest BCUT2D eigenvalue weighted by molar-refractivity contribution is 7.99. The van der Waals surface area contributed by atoms with E-state index >= 15 is 0 Å². The van der Waals surface area contributed by atoms with Gasteiger partial charge in [0, 0.05) is 27.5 Å². The number of hydrogen-bond donors (Lipinski definition) is 1. The van der Waals surface area contributed by atoms with Crippen molar-refractivity contribution in [2.75, 3.05) is 11.1 Å². The third kappa shape index (κ3) is 4.00. The normalized spacial score (nSPS) is 13.5. The summed E-state index contributed by atoms with van der Waals surface area (Å²) in [6.45, 7) is 4.28. The summed E-state index contributed by atoms with van der Waals surface area (Å²) in [5.41, 5.74) is 3.48. The molecule has 0 fully saturated rings. The number of carbonyl (C=O) groups is 1. The summed E-state index contributed by atoms with van der Waals surface area (Å²) in [6.07, 6.45) is 4.83. The van der Waals surface area contributed by atoms with Crippen molar-refractivity contribution >= 4 is 34.7 Å². The summed E-state index contributed by atoms with van der Waals surface area (Å²) >= 11 is 3.28. The van der Waals surface area contributed by atoms with Crippen LogP contribution in [0.2, 0.25) is 0 Å². The van der Waals surface area contributed by atoms with Gasteiger partial charge in [0.1, 0.15) is 0 Å². The minimum atomic E-state index is -0.0380. The maximum Gasteiger partial charge on any atom is 0.234 e. The van der Waals surface area contributed by atoms with Crippen LogP contribution < -0.4 is 5.32 Å². The Labute approximate surface area is 173 Å². The summed E-state index contributed by atoms with van der Waals surface area (Å²) in [6, 6.07) is 9.75. The van der Waals surface area contributed by atoms with E-state index in [9.17, 15) is 4.79 Å². The third-order valence-electron chi connectivity index (χ3n) is 4.87. The van der Waals surface area contributed by atoms with Gasteiger partial charge in [0.15, 0.2) is 11.0 Å². The first-order valence-electron chi connectivity index (χ1n) is 9.65. The van der Waals surface area contributed by atoms with Gasteiger partial charge in [-0.3, -0.25) is 9.36 Å². The summed E-state index contributed by atoms with van der Waals surface area (Å²) in [5, 5.41) is 14.9. The number of thioether (sulfide) groups is 1. The van der Waals surface area contributed by atoms with Gasteiger partial charge in [-0.15, -0.1) is 21.5 Å². The molecule has 0 saturated carbocycles. The lowest BCUT2D eigenvalue weighted by molar-refractivity contribution is -0.113. The van der Waals surface area contributed by atoms with E-state index in [1.54, 1.807) is 0 Å². The maximum absolute atomic E-state index is 12.3. The number of anilines is 1. The van der Waals surface area contributed by atoms with Crippen molar-refractivity contribution in [2.45, 2.75) is 50.7 Å². The molecule has 0 radical (unpaired) electrons. The van der Waals surface area contributed by atoms with Crippen LogP contribution in [0, 0.1) is 0 Å². The van der Waals surface area contributed by atoms with Crippen molar-refractivity contribution in [3.8, 4) is 11.4 Å². The fourth-order valence-electron chi connectivity index (χ4n) is 3.55. The van der Waals surface area contributed by atoms with Crippen LogP contribution in [0.3, 0.4) is 0 Å². The summed E-state index contributed by atoms with van der Waals surface area (Å²) < 4.78 is 2.16. The van der Waals surface area contributed by atoms with E-state index in [0.29, 0.717) is 5.75 Å². The van der Waals surface area contributed by atoms with E-state index in [2.05, 4.69) is 39.3 Å². The van der Waals surface area contributed by atoms with Crippen LogP contribution in [0.25, 0.3) is 11.4 Å². The summed E-state index contributed by atoms with van der Waals surface area (Å²) in [5.74, 6) is 1.20. The molecular formula is C21H24N4OS2. The van der Waals surface area contributed by atoms with Crippen LogP contribution in [-0.2, 0) is 17.6 Å². The molecule has 7 heteroatoms. The van der Waals surface area contributed by atoms with Crippen molar-refractivity contribution < 1.29 is 4.79 Å². The zero-order valence-corrected chi connectivity index (χ0v) is 17.8. The van der Waals surface area contributed by atoms with Gasteiger partial charge in [-0.25, -0.2) is 0 Å². The molecule has 4 rings (SSSR count). The van der Waals surface area contributed by atoms with Gasteiger partial charge in [-0.05, 0) is 57.2 Å². The number of nitrogens with zero attached hydrogens (tertiary/aromatic N) is 3. The Morgan fingerprint density at radius 2 is 2.00 bits per heavy atom. The smallest absolute Gasteiger partial charge is 0.234 e. The number of aromatic nitrogens is 3. The number of benzene rings is 1. The Morgan fingerprint density at radius 1 is 1.21 bits per heavy atom. The molecule has 0 saturated heterocycles. The van der Waals surface area contributed by atoms with Gasteiger partial charge < -0.3 is 5.32 Å². The van der Waals surface area contributed by atoms with Gasteiger partial charge in [-0.2, -0.15) is 0 Å². The zero-order valence-electron chi connectivity index (χ0n) is 16.1. The predicted molar refractivity (Wildman–Crippen MR) is 116 cm³/mol. The van der Waals surface area contributed by atoms with Crippen LogP contribution in [-0.4, -0.2) is 26.4 Å². The van der Waals surface area contributed by atoms with E-state index in [-0.39, 0.29) is 11.9 Å². The Hall–Kier alpha value is -2.12. The molecule has 1 aromatic carbocycles. The number of hydrogen-bond acceptors (Lipinski definition) is 5. The Balaban J connectivity index is 1.52. The number of thiophene rings is 1. The summed E-state index contributed by atoms with van der Waals surface area (Å²) in [4.78, 5) is 13.8. The number of fused-ring (bicyclic) bond motifs is 1. The first-order valence-corrected chi connectivity index (χ1v) is 11.5. The van der Waals surface area contributed by atoms with Crippen molar-refractivity contribution in [3.63, 3.8) is 0 Å². The molecule has 3 aromatic rings. The average Bonchev–Trinajstić information content (AvgIpc) is 3.31. The van der Waals surface area contributed by atoms with Gasteiger partial charge in [0.2, 0.25) is 5.91 Å². The molecule has 1 aliphatic carbocycles. The van der Waals surface area contributed by atoms with Gasteiger partial charge >= 0.3 is 0 Å². The molecule has 0 aliphatic heterocycles. The second-order valence-electron chi connectivity index (χ2n) is 7.23. The van der Waals surface area contributed by atoms with E-state index < -0.39 is 0 Å². The number of amides is 1. The van der Waals surface area contributed by atoms with Crippen LogP contribution in [0.4, 0.5) is 5.69 Å². The maximum atomic E-state index is 12.3. The molecule has 0 bridgehead atoms. The van der Waals surface area contributed by atoms with Gasteiger partial charge in [0.05, 0.1) is 5.75 Å². The molecule has 28 heavy (non-hydrogen) atoms. The largest absolute Gasteiger partial charge is 0.325 e. The minimum absolute atomic E-state index is 0.0380. The third-order valence-corrected chi connectivity index (χ3v) is 6.90. The number of para-hydroxylation sites is 1. The fourth-order valence-corrected chi connectivity index (χ4v) is 5.55. The van der Waals surface area contributed by atoms with E-state index in [4.69, 9.17) is 0 Å². The van der Waals surface area contributed by atoms with Crippen molar-refractivity contribution in [3.05, 3.63) is 46.2 Å². The Morgan fingerprint density at radius 3 is 2.79 bits per heavy atom. The Bertz CT molecular complexity index is 962. The molecule has 0 atom stereocenters. The van der Waals surface area contributed by atoms with Crippen LogP contribution >= 0.6 is 23.1 Å². The van der Waals surface area contributed by atoms with Crippen LogP contribution in [0.15, 0.2) is 40.9 Å². The second-order valence-corrected chi connectivity index (χ2v) is 9.14. The molecule has 1 N–H and O–H groups in total. The lowest BCUT2D eigenvalue weighted by Crippen LogP contribution is -2.15. The lowest BCUT2D eigenvalue weighted by Gasteiger charge is -2.16. The molecule has 0 spiro atoms. The van der Waals surface area contributed by atoms with Gasteiger partial charge in [-0.1, -0.05) is 30.0 Å². The molecule has 5 nitrogen and oxygen atoms in total. The standard InChI is InChI=1S/C21H24N4OS2/c1-14(2)25-20(17-12-27-18-11-7-6-10-16(17)18)23-24-21(25)28-13-19(26)22-15-8-4-3-5-9-15/h3-5,8-9,12,14H,6-7,10-11,13H2,1-2H3,(H,22,26). The zero-order chi connectivity index (χ0) is 19.5. The van der Waals surface area contributed by atoms with Crippen molar-refractivity contribution in [2.24, 2.45) is 0 Å². The van der Waals surface area contributed by atoms with Crippen LogP contribution in [0.5, 0.6) is 0 Å². The fraction of sp³-hybridized carbons (Fsp3) is 0.381. The van der Waals surface area contributed by atoms with E-state index in [1.807, 2.05) is 41.7 Å². The quantitative estimate of drug-likeness (QED) is 0.566. The highest BCUT2D eigenvalue weighted by Crippen LogP contribution is 2.37. The molecular weight excluding hydrogens is 388 g/mol. The van der Waals surface area contributed by atoms with Crippen LogP contribution in [0.1, 0.15) is 43.2 Å². The molecule has 2 heterocycles. The average molecular weight is 413 g/mol. The second kappa shape index (κ2) is 8.49. The number of rotatable bonds is 6. The molecule has 146 valence electrons. The molecule has 1 aliphatic rings. The predicted octanol–water partition coefficient (Wildman–Crippen LogP) is 5.20. The highest BCUT2D eigenvalue weighted by Gasteiger charge is 2.23. The van der Waals surface area contributed by atoms with Crippen molar-refractivity contribution in [1.29, 1.82) is 0 Å². The minimum Gasteiger partial charge on any atom is -0.325 e.